The summed E-state index contributed by atoms with van der Waals surface area (Å²) in [7, 11) is 0. The third kappa shape index (κ3) is 2.35. The van der Waals surface area contributed by atoms with Gasteiger partial charge in [-0.3, -0.25) is 4.79 Å². The highest BCUT2D eigenvalue weighted by atomic mass is 79.9. The van der Waals surface area contributed by atoms with Crippen LogP contribution in [-0.4, -0.2) is 17.6 Å². The Kier molecular flexibility index (Phi) is 3.49. The van der Waals surface area contributed by atoms with Gasteiger partial charge in [-0.25, -0.2) is 4.39 Å². The van der Waals surface area contributed by atoms with E-state index in [-0.39, 0.29) is 11.9 Å². The molecule has 1 fully saturated rings. The van der Waals surface area contributed by atoms with E-state index in [4.69, 9.17) is 5.11 Å². The van der Waals surface area contributed by atoms with Crippen LogP contribution in [0.2, 0.25) is 0 Å². The zero-order chi connectivity index (χ0) is 12.6. The molecule has 3 nitrogen and oxygen atoms in total. The Morgan fingerprint density at radius 3 is 2.88 bits per heavy atom. The second kappa shape index (κ2) is 4.74. The van der Waals surface area contributed by atoms with Gasteiger partial charge in [-0.15, -0.1) is 0 Å². The van der Waals surface area contributed by atoms with Gasteiger partial charge >= 0.3 is 5.97 Å². The molecule has 1 aromatic rings. The molecule has 0 aliphatic carbocycles. The zero-order valence-corrected chi connectivity index (χ0v) is 10.9. The largest absolute Gasteiger partial charge is 0.481 e. The maximum Gasteiger partial charge on any atom is 0.307 e. The van der Waals surface area contributed by atoms with E-state index in [1.807, 2.05) is 6.07 Å². The number of carbonyl (C=O) groups is 1. The average molecular weight is 302 g/mol. The highest BCUT2D eigenvalue weighted by Gasteiger charge is 2.31. The number of carboxylic acids is 1. The molecule has 0 aromatic heterocycles. The van der Waals surface area contributed by atoms with E-state index in [9.17, 15) is 9.18 Å². The van der Waals surface area contributed by atoms with Gasteiger partial charge in [-0.05, 0) is 40.4 Å². The number of rotatable bonds is 2. The highest BCUT2D eigenvalue weighted by Crippen LogP contribution is 2.34. The van der Waals surface area contributed by atoms with Crippen LogP contribution in [-0.2, 0) is 4.79 Å². The Morgan fingerprint density at radius 1 is 1.59 bits per heavy atom. The molecule has 1 aliphatic rings. The molecule has 0 spiro atoms. The van der Waals surface area contributed by atoms with Gasteiger partial charge in [0.15, 0.2) is 0 Å². The van der Waals surface area contributed by atoms with Crippen molar-refractivity contribution >= 4 is 21.9 Å². The van der Waals surface area contributed by atoms with Crippen molar-refractivity contribution in [3.63, 3.8) is 0 Å². The monoisotopic (exact) mass is 301 g/mol. The molecule has 0 radical (unpaired) electrons. The van der Waals surface area contributed by atoms with Crippen LogP contribution in [0.3, 0.4) is 0 Å². The maximum absolute atomic E-state index is 13.7. The minimum Gasteiger partial charge on any atom is -0.481 e. The fourth-order valence-electron chi connectivity index (χ4n) is 2.09. The van der Waals surface area contributed by atoms with Crippen molar-refractivity contribution in [1.29, 1.82) is 0 Å². The number of aliphatic carboxylic acids is 1. The quantitative estimate of drug-likeness (QED) is 0.883. The van der Waals surface area contributed by atoms with Gasteiger partial charge in [0.1, 0.15) is 5.82 Å². The summed E-state index contributed by atoms with van der Waals surface area (Å²) in [5, 5.41) is 12.0. The van der Waals surface area contributed by atoms with Crippen LogP contribution in [0.5, 0.6) is 0 Å². The fourth-order valence-corrected chi connectivity index (χ4v) is 2.81. The molecular formula is C12H13BrFNO2. The average Bonchev–Trinajstić information content (AvgIpc) is 2.75. The Balaban J connectivity index is 2.25. The Morgan fingerprint density at radius 2 is 2.29 bits per heavy atom. The number of hydrogen-bond acceptors (Lipinski definition) is 2. The lowest BCUT2D eigenvalue weighted by molar-refractivity contribution is -0.141. The molecule has 92 valence electrons. The number of benzene rings is 1. The number of hydrogen-bond donors (Lipinski definition) is 2. The fraction of sp³-hybridized carbons (Fsp3) is 0.417. The van der Waals surface area contributed by atoms with Gasteiger partial charge in [-0.2, -0.15) is 0 Å². The molecule has 1 aromatic carbocycles. The first-order valence-corrected chi connectivity index (χ1v) is 6.20. The standard InChI is InChI=1S/C12H13BrFNO2/c1-6-2-3-8(10(13)11(6)14)9-4-7(5-15-9)12(16)17/h2-3,7,9,15H,4-5H2,1H3,(H,16,17). The second-order valence-corrected chi connectivity index (χ2v) is 5.12. The van der Waals surface area contributed by atoms with E-state index in [2.05, 4.69) is 21.2 Å². The lowest BCUT2D eigenvalue weighted by Gasteiger charge is -2.14. The van der Waals surface area contributed by atoms with Crippen LogP contribution in [0.1, 0.15) is 23.6 Å². The molecule has 0 bridgehead atoms. The van der Waals surface area contributed by atoms with Crippen molar-refractivity contribution < 1.29 is 14.3 Å². The zero-order valence-electron chi connectivity index (χ0n) is 9.34. The van der Waals surface area contributed by atoms with E-state index in [1.165, 1.54) is 0 Å². The number of carboxylic acid groups (broad SMARTS) is 1. The minimum atomic E-state index is -0.802. The van der Waals surface area contributed by atoms with Gasteiger partial charge in [0.05, 0.1) is 10.4 Å². The van der Waals surface area contributed by atoms with Crippen LogP contribution in [0.25, 0.3) is 0 Å². The van der Waals surface area contributed by atoms with E-state index < -0.39 is 11.9 Å². The third-order valence-corrected chi connectivity index (χ3v) is 3.97. The van der Waals surface area contributed by atoms with Gasteiger partial charge in [0.25, 0.3) is 0 Å². The molecule has 5 heteroatoms. The first-order valence-electron chi connectivity index (χ1n) is 5.41. The van der Waals surface area contributed by atoms with Crippen LogP contribution in [0.4, 0.5) is 4.39 Å². The molecule has 2 rings (SSSR count). The summed E-state index contributed by atoms with van der Waals surface area (Å²) in [6.45, 7) is 2.13. The second-order valence-electron chi connectivity index (χ2n) is 4.33. The lowest BCUT2D eigenvalue weighted by atomic mass is 9.99. The molecule has 2 atom stereocenters. The summed E-state index contributed by atoms with van der Waals surface area (Å²) < 4.78 is 14.1. The van der Waals surface area contributed by atoms with Gasteiger partial charge in [0.2, 0.25) is 0 Å². The van der Waals surface area contributed by atoms with Crippen molar-refractivity contribution in [3.05, 3.63) is 33.5 Å². The minimum absolute atomic E-state index is 0.0967. The molecule has 1 saturated heterocycles. The van der Waals surface area contributed by atoms with Crippen molar-refractivity contribution in [2.24, 2.45) is 5.92 Å². The Hall–Kier alpha value is -0.940. The van der Waals surface area contributed by atoms with Gasteiger partial charge in [0, 0.05) is 12.6 Å². The smallest absolute Gasteiger partial charge is 0.307 e. The summed E-state index contributed by atoms with van der Waals surface area (Å²) in [4.78, 5) is 10.9. The van der Waals surface area contributed by atoms with E-state index >= 15 is 0 Å². The van der Waals surface area contributed by atoms with Crippen LogP contribution in [0.15, 0.2) is 16.6 Å². The molecule has 2 N–H and O–H groups in total. The Labute approximate surface area is 107 Å². The molecule has 1 heterocycles. The molecular weight excluding hydrogens is 289 g/mol. The number of halogens is 2. The SMILES string of the molecule is Cc1ccc(C2CC(C(=O)O)CN2)c(Br)c1F. The first kappa shape index (κ1) is 12.5. The predicted molar refractivity (Wildman–Crippen MR) is 65.3 cm³/mol. The summed E-state index contributed by atoms with van der Waals surface area (Å²) >= 11 is 3.24. The highest BCUT2D eigenvalue weighted by molar-refractivity contribution is 9.10. The van der Waals surface area contributed by atoms with E-state index in [1.54, 1.807) is 13.0 Å². The van der Waals surface area contributed by atoms with Gasteiger partial charge < -0.3 is 10.4 Å². The van der Waals surface area contributed by atoms with Crippen molar-refractivity contribution in [3.8, 4) is 0 Å². The summed E-state index contributed by atoms with van der Waals surface area (Å²) in [6, 6.07) is 3.45. The normalized spacial score (nSPS) is 23.9. The molecule has 0 amide bonds. The summed E-state index contributed by atoms with van der Waals surface area (Å²) in [5.74, 6) is -1.47. The summed E-state index contributed by atoms with van der Waals surface area (Å²) in [5.41, 5.74) is 1.37. The summed E-state index contributed by atoms with van der Waals surface area (Å²) in [6.07, 6.45) is 0.496. The van der Waals surface area contributed by atoms with E-state index in [0.29, 0.717) is 23.0 Å². The molecule has 17 heavy (non-hydrogen) atoms. The predicted octanol–water partition coefficient (Wildman–Crippen LogP) is 2.63. The molecule has 0 saturated carbocycles. The number of aryl methyl sites for hydroxylation is 1. The van der Waals surface area contributed by atoms with Gasteiger partial charge in [-0.1, -0.05) is 12.1 Å². The molecule has 1 aliphatic heterocycles. The third-order valence-electron chi connectivity index (χ3n) is 3.16. The number of nitrogens with one attached hydrogen (secondary N) is 1. The van der Waals surface area contributed by atoms with Crippen molar-refractivity contribution in [2.75, 3.05) is 6.54 Å². The van der Waals surface area contributed by atoms with Crippen LogP contribution in [0, 0.1) is 18.7 Å². The first-order chi connectivity index (χ1) is 8.00. The maximum atomic E-state index is 13.7. The van der Waals surface area contributed by atoms with Crippen molar-refractivity contribution in [2.45, 2.75) is 19.4 Å². The lowest BCUT2D eigenvalue weighted by Crippen LogP contribution is -2.17. The van der Waals surface area contributed by atoms with Crippen LogP contribution < -0.4 is 5.32 Å². The molecule has 2 unspecified atom stereocenters. The van der Waals surface area contributed by atoms with Crippen molar-refractivity contribution in [1.82, 2.24) is 5.32 Å². The topological polar surface area (TPSA) is 49.3 Å². The van der Waals surface area contributed by atoms with Crippen LogP contribution >= 0.6 is 15.9 Å². The Bertz CT molecular complexity index is 464. The van der Waals surface area contributed by atoms with E-state index in [0.717, 1.165) is 5.56 Å².